The van der Waals surface area contributed by atoms with Gasteiger partial charge in [0.25, 0.3) is 0 Å². The van der Waals surface area contributed by atoms with E-state index in [4.69, 9.17) is 9.47 Å². The number of rotatable bonds is 1. The first-order valence-electron chi connectivity index (χ1n) is 5.36. The first-order valence-corrected chi connectivity index (χ1v) is 6.15. The summed E-state index contributed by atoms with van der Waals surface area (Å²) in [7, 11) is 0. The van der Waals surface area contributed by atoms with Crippen LogP contribution in [0.15, 0.2) is 16.6 Å². The number of ether oxygens (including phenoxy) is 2. The largest absolute Gasteiger partial charge is 0.454 e. The predicted octanol–water partition coefficient (Wildman–Crippen LogP) is 0.938. The van der Waals surface area contributed by atoms with Crippen molar-refractivity contribution >= 4 is 21.8 Å². The maximum absolute atomic E-state index is 11.7. The Balaban J connectivity index is 1.98. The molecule has 5 nitrogen and oxygen atoms in total. The second kappa shape index (κ2) is 4.19. The van der Waals surface area contributed by atoms with Crippen molar-refractivity contribution in [1.29, 1.82) is 0 Å². The molecule has 2 aliphatic heterocycles. The minimum absolute atomic E-state index is 0.0120. The van der Waals surface area contributed by atoms with Gasteiger partial charge in [-0.05, 0) is 33.6 Å². The van der Waals surface area contributed by atoms with Gasteiger partial charge in [0.15, 0.2) is 11.5 Å². The van der Waals surface area contributed by atoms with E-state index in [1.807, 2.05) is 12.1 Å². The summed E-state index contributed by atoms with van der Waals surface area (Å²) < 4.78 is 11.5. The smallest absolute Gasteiger partial charge is 0.241 e. The molecule has 1 aromatic rings. The molecule has 17 heavy (non-hydrogen) atoms. The van der Waals surface area contributed by atoms with Crippen LogP contribution in [0, 0.1) is 0 Å². The summed E-state index contributed by atoms with van der Waals surface area (Å²) in [5, 5.41) is 6.00. The number of hydrogen-bond donors (Lipinski definition) is 2. The van der Waals surface area contributed by atoms with E-state index in [1.54, 1.807) is 0 Å². The lowest BCUT2D eigenvalue weighted by atomic mass is 10.0. The maximum atomic E-state index is 11.7. The van der Waals surface area contributed by atoms with Gasteiger partial charge in [0, 0.05) is 13.1 Å². The maximum Gasteiger partial charge on any atom is 0.241 e. The highest BCUT2D eigenvalue weighted by atomic mass is 79.9. The number of piperazine rings is 1. The van der Waals surface area contributed by atoms with E-state index in [0.717, 1.165) is 16.6 Å². The van der Waals surface area contributed by atoms with E-state index in [0.29, 0.717) is 18.0 Å². The second-order valence-electron chi connectivity index (χ2n) is 3.91. The molecule has 0 bridgehead atoms. The Labute approximate surface area is 107 Å². The van der Waals surface area contributed by atoms with E-state index in [2.05, 4.69) is 26.6 Å². The minimum atomic E-state index is -0.324. The standard InChI is InChI=1S/C11H11BrN2O3/c12-7-3-6(4-8-10(7)17-5-16-8)9-11(15)14-2-1-13-9/h3-4,9,13H,1-2,5H2,(H,14,15). The van der Waals surface area contributed by atoms with Crippen LogP contribution in [0.25, 0.3) is 0 Å². The molecule has 0 radical (unpaired) electrons. The lowest BCUT2D eigenvalue weighted by Crippen LogP contribution is -2.47. The van der Waals surface area contributed by atoms with Crippen LogP contribution in [0.3, 0.4) is 0 Å². The Morgan fingerprint density at radius 2 is 2.18 bits per heavy atom. The highest BCUT2D eigenvalue weighted by molar-refractivity contribution is 9.10. The van der Waals surface area contributed by atoms with Crippen molar-refractivity contribution in [2.45, 2.75) is 6.04 Å². The third kappa shape index (κ3) is 1.87. The van der Waals surface area contributed by atoms with Crippen molar-refractivity contribution in [3.8, 4) is 11.5 Å². The fourth-order valence-electron chi connectivity index (χ4n) is 2.02. The molecular formula is C11H11BrN2O3. The molecule has 3 rings (SSSR count). The predicted molar refractivity (Wildman–Crippen MR) is 64.0 cm³/mol. The van der Waals surface area contributed by atoms with Gasteiger partial charge in [-0.1, -0.05) is 0 Å². The molecule has 2 heterocycles. The highest BCUT2D eigenvalue weighted by Crippen LogP contribution is 2.41. The first-order chi connectivity index (χ1) is 8.25. The zero-order valence-electron chi connectivity index (χ0n) is 8.96. The minimum Gasteiger partial charge on any atom is -0.454 e. The number of carbonyl (C=O) groups excluding carboxylic acids is 1. The van der Waals surface area contributed by atoms with Crippen LogP contribution in [0.5, 0.6) is 11.5 Å². The van der Waals surface area contributed by atoms with Crippen LogP contribution in [-0.2, 0) is 4.79 Å². The summed E-state index contributed by atoms with van der Waals surface area (Å²) in [6, 6.07) is 3.40. The van der Waals surface area contributed by atoms with Gasteiger partial charge in [-0.3, -0.25) is 4.79 Å². The van der Waals surface area contributed by atoms with Gasteiger partial charge in [-0.25, -0.2) is 0 Å². The molecule has 6 heteroatoms. The van der Waals surface area contributed by atoms with E-state index in [-0.39, 0.29) is 18.7 Å². The lowest BCUT2D eigenvalue weighted by molar-refractivity contribution is -0.124. The van der Waals surface area contributed by atoms with E-state index in [1.165, 1.54) is 0 Å². The molecule has 1 saturated heterocycles. The van der Waals surface area contributed by atoms with Gasteiger partial charge >= 0.3 is 0 Å². The first kappa shape index (κ1) is 10.9. The molecule has 0 aliphatic carbocycles. The summed E-state index contributed by atoms with van der Waals surface area (Å²) >= 11 is 3.42. The SMILES string of the molecule is O=C1NCCNC1c1cc(Br)c2c(c1)OCO2. The van der Waals surface area contributed by atoms with Crippen molar-refractivity contribution in [3.05, 3.63) is 22.2 Å². The van der Waals surface area contributed by atoms with Crippen molar-refractivity contribution < 1.29 is 14.3 Å². The molecule has 0 spiro atoms. The Hall–Kier alpha value is -1.27. The van der Waals surface area contributed by atoms with Crippen LogP contribution in [-0.4, -0.2) is 25.8 Å². The topological polar surface area (TPSA) is 59.6 Å². The molecule has 1 amide bonds. The Bertz CT molecular complexity index is 478. The van der Waals surface area contributed by atoms with Crippen LogP contribution < -0.4 is 20.1 Å². The Morgan fingerprint density at radius 3 is 3.00 bits per heavy atom. The monoisotopic (exact) mass is 298 g/mol. The Morgan fingerprint density at radius 1 is 1.29 bits per heavy atom. The van der Waals surface area contributed by atoms with Crippen molar-refractivity contribution in [2.75, 3.05) is 19.9 Å². The highest BCUT2D eigenvalue weighted by Gasteiger charge is 2.27. The van der Waals surface area contributed by atoms with Gasteiger partial charge in [-0.15, -0.1) is 0 Å². The number of carbonyl (C=O) groups is 1. The summed E-state index contributed by atoms with van der Waals surface area (Å²) in [5.41, 5.74) is 0.873. The molecule has 90 valence electrons. The molecule has 2 N–H and O–H groups in total. The fraction of sp³-hybridized carbons (Fsp3) is 0.364. The zero-order valence-corrected chi connectivity index (χ0v) is 10.5. The molecule has 1 atom stereocenters. The third-order valence-corrected chi connectivity index (χ3v) is 3.41. The van der Waals surface area contributed by atoms with Gasteiger partial charge in [0.05, 0.1) is 4.47 Å². The number of amides is 1. The Kier molecular flexibility index (Phi) is 2.68. The number of hydrogen-bond acceptors (Lipinski definition) is 4. The summed E-state index contributed by atoms with van der Waals surface area (Å²) in [5.74, 6) is 1.36. The molecule has 1 unspecified atom stereocenters. The number of fused-ring (bicyclic) bond motifs is 1. The fourth-order valence-corrected chi connectivity index (χ4v) is 2.59. The molecule has 2 aliphatic rings. The number of benzene rings is 1. The molecule has 1 aromatic carbocycles. The zero-order chi connectivity index (χ0) is 11.8. The van der Waals surface area contributed by atoms with Gasteiger partial charge < -0.3 is 20.1 Å². The third-order valence-electron chi connectivity index (χ3n) is 2.82. The normalized spacial score (nSPS) is 22.4. The molecule has 0 saturated carbocycles. The number of nitrogens with one attached hydrogen (secondary N) is 2. The van der Waals surface area contributed by atoms with Crippen LogP contribution >= 0.6 is 15.9 Å². The van der Waals surface area contributed by atoms with E-state index < -0.39 is 0 Å². The van der Waals surface area contributed by atoms with Crippen molar-refractivity contribution in [2.24, 2.45) is 0 Å². The quantitative estimate of drug-likeness (QED) is 0.810. The van der Waals surface area contributed by atoms with Crippen molar-refractivity contribution in [1.82, 2.24) is 10.6 Å². The van der Waals surface area contributed by atoms with Crippen LogP contribution in [0.2, 0.25) is 0 Å². The average molecular weight is 299 g/mol. The van der Waals surface area contributed by atoms with Gasteiger partial charge in [0.1, 0.15) is 6.04 Å². The summed E-state index contributed by atoms with van der Waals surface area (Å²) in [4.78, 5) is 11.7. The van der Waals surface area contributed by atoms with Crippen LogP contribution in [0.4, 0.5) is 0 Å². The molecular weight excluding hydrogens is 288 g/mol. The van der Waals surface area contributed by atoms with Crippen LogP contribution in [0.1, 0.15) is 11.6 Å². The lowest BCUT2D eigenvalue weighted by Gasteiger charge is -2.24. The second-order valence-corrected chi connectivity index (χ2v) is 4.77. The van der Waals surface area contributed by atoms with E-state index >= 15 is 0 Å². The van der Waals surface area contributed by atoms with Gasteiger partial charge in [0.2, 0.25) is 12.7 Å². The van der Waals surface area contributed by atoms with E-state index in [9.17, 15) is 4.79 Å². The average Bonchev–Trinajstić information content (AvgIpc) is 2.78. The summed E-state index contributed by atoms with van der Waals surface area (Å²) in [6.45, 7) is 1.66. The summed E-state index contributed by atoms with van der Waals surface area (Å²) in [6.07, 6.45) is 0. The van der Waals surface area contributed by atoms with Crippen molar-refractivity contribution in [3.63, 3.8) is 0 Å². The molecule has 0 aromatic heterocycles. The van der Waals surface area contributed by atoms with Gasteiger partial charge in [-0.2, -0.15) is 0 Å². The molecule has 1 fully saturated rings. The number of halogens is 1.